The van der Waals surface area contributed by atoms with Crippen molar-refractivity contribution < 1.29 is 26.7 Å². The lowest BCUT2D eigenvalue weighted by Crippen LogP contribution is -2.55. The molecule has 2 aromatic carbocycles. The zero-order valence-electron chi connectivity index (χ0n) is 17.0. The summed E-state index contributed by atoms with van der Waals surface area (Å²) in [5, 5.41) is 2.45. The first kappa shape index (κ1) is 23.5. The number of benzene rings is 2. The van der Waals surface area contributed by atoms with E-state index in [1.54, 1.807) is 0 Å². The Labute approximate surface area is 185 Å². The second kappa shape index (κ2) is 8.74. The fourth-order valence-corrected chi connectivity index (χ4v) is 3.98. The molecule has 1 fully saturated rings. The molecule has 0 unspecified atom stereocenters. The Morgan fingerprint density at radius 1 is 1.10 bits per heavy atom. The van der Waals surface area contributed by atoms with Crippen LogP contribution in [0.2, 0.25) is 0 Å². The maximum absolute atomic E-state index is 14.3. The summed E-state index contributed by atoms with van der Waals surface area (Å²) in [7, 11) is 1.98. The lowest BCUT2D eigenvalue weighted by atomic mass is 10.1. The molecule has 1 amide bonds. The summed E-state index contributed by atoms with van der Waals surface area (Å²) in [5.41, 5.74) is -1.59. The van der Waals surface area contributed by atoms with Crippen molar-refractivity contribution >= 4 is 33.2 Å². The standard InChI is InChI=1S/C21H21BrF5N3O/c1-11-9-30(10-12(2)29(11)3)19-8-17(24)16(22)7-18(19)28-20(31)14-5-4-13(23)6-15(14)21(25,26)27/h4-8,11-12H,9-10H2,1-3H3,(H,28,31)/t11-,12-/m0/s1. The van der Waals surface area contributed by atoms with E-state index in [4.69, 9.17) is 0 Å². The van der Waals surface area contributed by atoms with Crippen molar-refractivity contribution in [3.8, 4) is 0 Å². The highest BCUT2D eigenvalue weighted by molar-refractivity contribution is 9.10. The first-order chi connectivity index (χ1) is 14.4. The molecule has 0 spiro atoms. The molecule has 10 heteroatoms. The van der Waals surface area contributed by atoms with Gasteiger partial charge < -0.3 is 10.2 Å². The van der Waals surface area contributed by atoms with E-state index in [9.17, 15) is 26.7 Å². The van der Waals surface area contributed by atoms with Crippen LogP contribution in [0.25, 0.3) is 0 Å². The average Bonchev–Trinajstić information content (AvgIpc) is 2.67. The number of halogens is 6. The van der Waals surface area contributed by atoms with Gasteiger partial charge in [-0.15, -0.1) is 0 Å². The van der Waals surface area contributed by atoms with E-state index in [-0.39, 0.29) is 28.3 Å². The van der Waals surface area contributed by atoms with Crippen molar-refractivity contribution in [3.63, 3.8) is 0 Å². The van der Waals surface area contributed by atoms with Gasteiger partial charge in [0.15, 0.2) is 0 Å². The molecule has 0 saturated carbocycles. The number of amides is 1. The van der Waals surface area contributed by atoms with Crippen molar-refractivity contribution in [3.05, 3.63) is 57.6 Å². The smallest absolute Gasteiger partial charge is 0.367 e. The molecule has 3 rings (SSSR count). The summed E-state index contributed by atoms with van der Waals surface area (Å²) in [6.45, 7) is 5.08. The Morgan fingerprint density at radius 3 is 2.29 bits per heavy atom. The van der Waals surface area contributed by atoms with E-state index in [0.29, 0.717) is 18.8 Å². The third-order valence-corrected chi connectivity index (χ3v) is 6.13. The fraction of sp³-hybridized carbons (Fsp3) is 0.381. The number of piperazine rings is 1. The number of alkyl halides is 3. The summed E-state index contributed by atoms with van der Waals surface area (Å²) in [4.78, 5) is 16.8. The van der Waals surface area contributed by atoms with Crippen molar-refractivity contribution in [2.75, 3.05) is 30.4 Å². The highest BCUT2D eigenvalue weighted by atomic mass is 79.9. The summed E-state index contributed by atoms with van der Waals surface area (Å²) in [6, 6.07) is 4.66. The first-order valence-corrected chi connectivity index (χ1v) is 10.3. The van der Waals surface area contributed by atoms with Crippen LogP contribution in [0.5, 0.6) is 0 Å². The molecule has 0 bridgehead atoms. The Morgan fingerprint density at radius 2 is 1.71 bits per heavy atom. The van der Waals surface area contributed by atoms with Gasteiger partial charge in [-0.2, -0.15) is 13.2 Å². The lowest BCUT2D eigenvalue weighted by molar-refractivity contribution is -0.138. The molecule has 0 aromatic heterocycles. The van der Waals surface area contributed by atoms with Gasteiger partial charge in [-0.05, 0) is 61.1 Å². The summed E-state index contributed by atoms with van der Waals surface area (Å²) in [5.74, 6) is -2.73. The van der Waals surface area contributed by atoms with Crippen LogP contribution in [0.3, 0.4) is 0 Å². The van der Waals surface area contributed by atoms with Gasteiger partial charge in [0.2, 0.25) is 0 Å². The molecule has 1 heterocycles. The molecule has 1 aliphatic heterocycles. The van der Waals surface area contributed by atoms with E-state index in [0.717, 1.165) is 12.1 Å². The number of anilines is 2. The molecule has 0 aliphatic carbocycles. The number of carbonyl (C=O) groups excluding carboxylic acids is 1. The van der Waals surface area contributed by atoms with E-state index >= 15 is 0 Å². The van der Waals surface area contributed by atoms with E-state index < -0.39 is 34.8 Å². The van der Waals surface area contributed by atoms with Crippen molar-refractivity contribution in [2.45, 2.75) is 32.1 Å². The molecule has 31 heavy (non-hydrogen) atoms. The van der Waals surface area contributed by atoms with Crippen LogP contribution in [0.4, 0.5) is 33.3 Å². The van der Waals surface area contributed by atoms with E-state index in [1.807, 2.05) is 25.8 Å². The van der Waals surface area contributed by atoms with Crippen LogP contribution in [0.15, 0.2) is 34.8 Å². The van der Waals surface area contributed by atoms with Crippen LogP contribution >= 0.6 is 15.9 Å². The Hall–Kier alpha value is -2.20. The second-order valence-electron chi connectivity index (χ2n) is 7.69. The van der Waals surface area contributed by atoms with Gasteiger partial charge >= 0.3 is 6.18 Å². The molecular weight excluding hydrogens is 485 g/mol. The predicted molar refractivity (Wildman–Crippen MR) is 112 cm³/mol. The topological polar surface area (TPSA) is 35.6 Å². The highest BCUT2D eigenvalue weighted by Gasteiger charge is 2.36. The van der Waals surface area contributed by atoms with E-state index in [1.165, 1.54) is 12.1 Å². The monoisotopic (exact) mass is 505 g/mol. The highest BCUT2D eigenvalue weighted by Crippen LogP contribution is 2.36. The zero-order valence-corrected chi connectivity index (χ0v) is 18.6. The van der Waals surface area contributed by atoms with Crippen LogP contribution < -0.4 is 10.2 Å². The quantitative estimate of drug-likeness (QED) is 0.557. The number of hydrogen-bond acceptors (Lipinski definition) is 3. The van der Waals surface area contributed by atoms with Crippen LogP contribution in [-0.2, 0) is 6.18 Å². The van der Waals surface area contributed by atoms with Gasteiger partial charge in [-0.3, -0.25) is 9.69 Å². The molecule has 1 N–H and O–H groups in total. The van der Waals surface area contributed by atoms with Gasteiger partial charge in [-0.25, -0.2) is 8.78 Å². The summed E-state index contributed by atoms with van der Waals surface area (Å²) >= 11 is 3.06. The Bertz CT molecular complexity index is 986. The number of hydrogen-bond donors (Lipinski definition) is 1. The normalized spacial score (nSPS) is 20.1. The zero-order chi connectivity index (χ0) is 23.1. The van der Waals surface area contributed by atoms with Gasteiger partial charge in [0.05, 0.1) is 27.0 Å². The Balaban J connectivity index is 1.99. The molecule has 4 nitrogen and oxygen atoms in total. The van der Waals surface area contributed by atoms with Gasteiger partial charge in [0.1, 0.15) is 11.6 Å². The molecule has 1 saturated heterocycles. The molecule has 1 aliphatic rings. The number of likely N-dealkylation sites (N-methyl/N-ethyl adjacent to an activating group) is 1. The first-order valence-electron chi connectivity index (χ1n) is 9.52. The average molecular weight is 506 g/mol. The molecule has 0 radical (unpaired) electrons. The molecule has 2 atom stereocenters. The van der Waals surface area contributed by atoms with Crippen LogP contribution in [0.1, 0.15) is 29.8 Å². The maximum Gasteiger partial charge on any atom is 0.417 e. The minimum Gasteiger partial charge on any atom is -0.367 e. The third kappa shape index (κ3) is 5.01. The lowest BCUT2D eigenvalue weighted by Gasteiger charge is -2.44. The van der Waals surface area contributed by atoms with Crippen molar-refractivity contribution in [1.29, 1.82) is 0 Å². The number of rotatable bonds is 3. The predicted octanol–water partition coefficient (Wildman–Crippen LogP) is 5.53. The van der Waals surface area contributed by atoms with Crippen molar-refractivity contribution in [1.82, 2.24) is 4.90 Å². The van der Waals surface area contributed by atoms with Gasteiger partial charge in [0.25, 0.3) is 5.91 Å². The minimum atomic E-state index is -4.91. The second-order valence-corrected chi connectivity index (χ2v) is 8.55. The van der Waals surface area contributed by atoms with Gasteiger partial charge in [0, 0.05) is 31.2 Å². The minimum absolute atomic E-state index is 0.0527. The SMILES string of the molecule is C[C@H]1CN(c2cc(F)c(Br)cc2NC(=O)c2ccc(F)cc2C(F)(F)F)C[C@H](C)N1C. The van der Waals surface area contributed by atoms with Crippen LogP contribution in [0, 0.1) is 11.6 Å². The molecular formula is C21H21BrF5N3O. The van der Waals surface area contributed by atoms with E-state index in [2.05, 4.69) is 26.1 Å². The third-order valence-electron chi connectivity index (χ3n) is 5.52. The Kier molecular flexibility index (Phi) is 6.61. The van der Waals surface area contributed by atoms with Gasteiger partial charge in [-0.1, -0.05) is 0 Å². The number of nitrogens with zero attached hydrogens (tertiary/aromatic N) is 2. The number of nitrogens with one attached hydrogen (secondary N) is 1. The maximum atomic E-state index is 14.3. The summed E-state index contributed by atoms with van der Waals surface area (Å²) in [6.07, 6.45) is -4.91. The molecule has 2 aromatic rings. The largest absolute Gasteiger partial charge is 0.417 e. The molecule has 168 valence electrons. The fourth-order valence-electron chi connectivity index (χ4n) is 3.64. The summed E-state index contributed by atoms with van der Waals surface area (Å²) < 4.78 is 67.7. The number of carbonyl (C=O) groups is 1. The van der Waals surface area contributed by atoms with Crippen molar-refractivity contribution in [2.24, 2.45) is 0 Å². The van der Waals surface area contributed by atoms with Crippen LogP contribution in [-0.4, -0.2) is 43.0 Å².